The van der Waals surface area contributed by atoms with Gasteiger partial charge in [0.15, 0.2) is 0 Å². The third-order valence-electron chi connectivity index (χ3n) is 2.45. The first-order valence-corrected chi connectivity index (χ1v) is 4.87. The highest BCUT2D eigenvalue weighted by molar-refractivity contribution is 5.61. The van der Waals surface area contributed by atoms with Gasteiger partial charge in [0.05, 0.1) is 6.26 Å². The maximum atomic E-state index is 5.81. The van der Waals surface area contributed by atoms with Crippen LogP contribution in [0.3, 0.4) is 0 Å². The molecule has 1 spiro atoms. The Morgan fingerprint density at radius 1 is 1.00 bits per heavy atom. The summed E-state index contributed by atoms with van der Waals surface area (Å²) >= 11 is 0. The van der Waals surface area contributed by atoms with Crippen molar-refractivity contribution in [3.63, 3.8) is 0 Å². The number of hydrogen-bond donors (Lipinski definition) is 0. The fraction of sp³-hybridized carbons (Fsp3) is 0.0769. The highest BCUT2D eigenvalue weighted by Crippen LogP contribution is 2.33. The Hall–Kier alpha value is -1.96. The highest BCUT2D eigenvalue weighted by atomic mass is 16.7. The van der Waals surface area contributed by atoms with Crippen molar-refractivity contribution >= 4 is 6.08 Å². The SMILES string of the molecule is C1=COC2(C=C1)C=Cc1ccccc1O2. The molecule has 0 aromatic heterocycles. The molecule has 0 radical (unpaired) electrons. The van der Waals surface area contributed by atoms with E-state index in [0.29, 0.717) is 0 Å². The van der Waals surface area contributed by atoms with Crippen molar-refractivity contribution < 1.29 is 9.47 Å². The predicted octanol–water partition coefficient (Wildman–Crippen LogP) is 2.89. The molecule has 1 unspecified atom stereocenters. The van der Waals surface area contributed by atoms with Crippen LogP contribution in [0.4, 0.5) is 0 Å². The van der Waals surface area contributed by atoms with Crippen LogP contribution in [-0.4, -0.2) is 5.79 Å². The Bertz CT molecular complexity index is 471. The van der Waals surface area contributed by atoms with E-state index in [-0.39, 0.29) is 0 Å². The van der Waals surface area contributed by atoms with Gasteiger partial charge in [-0.3, -0.25) is 0 Å². The minimum absolute atomic E-state index is 0.747. The van der Waals surface area contributed by atoms with E-state index in [9.17, 15) is 0 Å². The largest absolute Gasteiger partial charge is 0.453 e. The summed E-state index contributed by atoms with van der Waals surface area (Å²) in [6, 6.07) is 7.90. The van der Waals surface area contributed by atoms with Crippen molar-refractivity contribution in [2.75, 3.05) is 0 Å². The van der Waals surface area contributed by atoms with E-state index in [1.54, 1.807) is 6.26 Å². The fourth-order valence-corrected chi connectivity index (χ4v) is 1.70. The van der Waals surface area contributed by atoms with Gasteiger partial charge in [0.25, 0.3) is 5.79 Å². The van der Waals surface area contributed by atoms with Crippen molar-refractivity contribution in [2.45, 2.75) is 5.79 Å². The average molecular weight is 198 g/mol. The number of rotatable bonds is 0. The predicted molar refractivity (Wildman–Crippen MR) is 58.2 cm³/mol. The molecular weight excluding hydrogens is 188 g/mol. The standard InChI is InChI=1S/C13H10O2/c1-2-6-12-11(5-1)7-9-13(15-12)8-3-4-10-14-13/h1-10H. The first-order valence-electron chi connectivity index (χ1n) is 4.87. The molecule has 2 nitrogen and oxygen atoms in total. The summed E-state index contributed by atoms with van der Waals surface area (Å²) < 4.78 is 11.3. The zero-order chi connectivity index (χ0) is 10.1. The fourth-order valence-electron chi connectivity index (χ4n) is 1.70. The number of para-hydroxylation sites is 1. The Labute approximate surface area is 88.1 Å². The Morgan fingerprint density at radius 2 is 1.93 bits per heavy atom. The van der Waals surface area contributed by atoms with Crippen LogP contribution in [0.15, 0.2) is 54.8 Å². The maximum Gasteiger partial charge on any atom is 0.291 e. The van der Waals surface area contributed by atoms with Crippen LogP contribution >= 0.6 is 0 Å². The molecule has 0 amide bonds. The van der Waals surface area contributed by atoms with Gasteiger partial charge in [-0.25, -0.2) is 0 Å². The van der Waals surface area contributed by atoms with E-state index in [2.05, 4.69) is 0 Å². The molecule has 0 N–H and O–H groups in total. The number of allylic oxidation sites excluding steroid dienone is 2. The van der Waals surface area contributed by atoms with Gasteiger partial charge in [-0.05, 0) is 18.2 Å². The zero-order valence-electron chi connectivity index (χ0n) is 8.09. The molecule has 0 fully saturated rings. The van der Waals surface area contributed by atoms with Gasteiger partial charge in [0, 0.05) is 17.7 Å². The molecule has 2 aliphatic rings. The van der Waals surface area contributed by atoms with Crippen LogP contribution < -0.4 is 4.74 Å². The van der Waals surface area contributed by atoms with Gasteiger partial charge < -0.3 is 9.47 Å². The first kappa shape index (κ1) is 8.36. The minimum Gasteiger partial charge on any atom is -0.453 e. The van der Waals surface area contributed by atoms with Crippen LogP contribution in [0.1, 0.15) is 5.56 Å². The van der Waals surface area contributed by atoms with Gasteiger partial charge in [-0.1, -0.05) is 24.3 Å². The third kappa shape index (κ3) is 1.34. The van der Waals surface area contributed by atoms with Crippen LogP contribution in [0.25, 0.3) is 6.08 Å². The second-order valence-corrected chi connectivity index (χ2v) is 3.50. The first-order chi connectivity index (χ1) is 7.38. The minimum atomic E-state index is -0.747. The molecule has 0 saturated heterocycles. The van der Waals surface area contributed by atoms with E-state index in [1.807, 2.05) is 54.6 Å². The second kappa shape index (κ2) is 3.02. The van der Waals surface area contributed by atoms with E-state index in [1.165, 1.54) is 0 Å². The van der Waals surface area contributed by atoms with Gasteiger partial charge in [0.1, 0.15) is 5.75 Å². The average Bonchev–Trinajstić information content (AvgIpc) is 2.30. The third-order valence-corrected chi connectivity index (χ3v) is 2.45. The number of fused-ring (bicyclic) bond motifs is 1. The summed E-state index contributed by atoms with van der Waals surface area (Å²) in [6.45, 7) is 0. The molecule has 1 atom stereocenters. The summed E-state index contributed by atoms with van der Waals surface area (Å²) in [7, 11) is 0. The Kier molecular flexibility index (Phi) is 1.68. The van der Waals surface area contributed by atoms with E-state index >= 15 is 0 Å². The van der Waals surface area contributed by atoms with Crippen LogP contribution in [0.5, 0.6) is 5.75 Å². The van der Waals surface area contributed by atoms with E-state index in [0.717, 1.165) is 11.3 Å². The molecule has 74 valence electrons. The van der Waals surface area contributed by atoms with Crippen molar-refractivity contribution in [1.29, 1.82) is 0 Å². The van der Waals surface area contributed by atoms with Crippen molar-refractivity contribution in [2.24, 2.45) is 0 Å². The van der Waals surface area contributed by atoms with Gasteiger partial charge in [0.2, 0.25) is 0 Å². The van der Waals surface area contributed by atoms with Crippen molar-refractivity contribution in [1.82, 2.24) is 0 Å². The molecule has 0 bridgehead atoms. The topological polar surface area (TPSA) is 18.5 Å². The van der Waals surface area contributed by atoms with E-state index < -0.39 is 5.79 Å². The lowest BCUT2D eigenvalue weighted by atomic mass is 10.1. The van der Waals surface area contributed by atoms with Crippen LogP contribution in [0.2, 0.25) is 0 Å². The summed E-state index contributed by atoms with van der Waals surface area (Å²) in [5.74, 6) is 0.100. The quantitative estimate of drug-likeness (QED) is 0.638. The zero-order valence-corrected chi connectivity index (χ0v) is 8.09. The molecule has 1 aromatic rings. The van der Waals surface area contributed by atoms with E-state index in [4.69, 9.17) is 9.47 Å². The molecule has 2 heterocycles. The molecule has 3 rings (SSSR count). The lowest BCUT2D eigenvalue weighted by Gasteiger charge is -2.32. The Morgan fingerprint density at radius 3 is 2.80 bits per heavy atom. The summed E-state index contributed by atoms with van der Waals surface area (Å²) in [5.41, 5.74) is 1.08. The molecule has 2 aliphatic heterocycles. The summed E-state index contributed by atoms with van der Waals surface area (Å²) in [4.78, 5) is 0. The van der Waals surface area contributed by atoms with Gasteiger partial charge in [-0.2, -0.15) is 0 Å². The second-order valence-electron chi connectivity index (χ2n) is 3.50. The molecule has 0 aliphatic carbocycles. The van der Waals surface area contributed by atoms with Crippen molar-refractivity contribution in [3.05, 3.63) is 60.4 Å². The normalized spacial score (nSPS) is 25.9. The monoisotopic (exact) mass is 198 g/mol. The lowest BCUT2D eigenvalue weighted by molar-refractivity contribution is -0.0656. The number of benzene rings is 1. The van der Waals surface area contributed by atoms with Crippen LogP contribution in [0, 0.1) is 0 Å². The number of hydrogen-bond acceptors (Lipinski definition) is 2. The lowest BCUT2D eigenvalue weighted by Crippen LogP contribution is -2.35. The molecular formula is C13H10O2. The Balaban J connectivity index is 2.02. The summed E-state index contributed by atoms with van der Waals surface area (Å²) in [5, 5.41) is 0. The van der Waals surface area contributed by atoms with Gasteiger partial charge in [-0.15, -0.1) is 0 Å². The van der Waals surface area contributed by atoms with Crippen molar-refractivity contribution in [3.8, 4) is 5.75 Å². The smallest absolute Gasteiger partial charge is 0.291 e. The molecule has 15 heavy (non-hydrogen) atoms. The molecule has 0 saturated carbocycles. The molecule has 1 aromatic carbocycles. The highest BCUT2D eigenvalue weighted by Gasteiger charge is 2.31. The number of ether oxygens (including phenoxy) is 2. The molecule has 2 heteroatoms. The maximum absolute atomic E-state index is 5.81. The van der Waals surface area contributed by atoms with Crippen LogP contribution in [-0.2, 0) is 4.74 Å². The van der Waals surface area contributed by atoms with Gasteiger partial charge >= 0.3 is 0 Å². The summed E-state index contributed by atoms with van der Waals surface area (Å²) in [6.07, 6.45) is 11.2.